The van der Waals surface area contributed by atoms with Crippen LogP contribution in [0, 0.1) is 0 Å². The highest BCUT2D eigenvalue weighted by Gasteiger charge is 2.22. The van der Waals surface area contributed by atoms with Gasteiger partial charge in [-0.05, 0) is 52.6 Å². The summed E-state index contributed by atoms with van der Waals surface area (Å²) in [6.45, 7) is 0. The van der Waals surface area contributed by atoms with Crippen molar-refractivity contribution in [1.82, 2.24) is 24.1 Å². The van der Waals surface area contributed by atoms with E-state index in [2.05, 4.69) is 191 Å². The number of benzene rings is 9. The highest BCUT2D eigenvalue weighted by molar-refractivity contribution is 6.16. The molecule has 0 saturated heterocycles. The lowest BCUT2D eigenvalue weighted by molar-refractivity contribution is 1.07. The summed E-state index contributed by atoms with van der Waals surface area (Å²) < 4.78 is 4.89. The zero-order chi connectivity index (χ0) is 38.2. The Kier molecular flexibility index (Phi) is 7.16. The topological polar surface area (TPSA) is 48.5 Å². The third-order valence-corrected chi connectivity index (χ3v) is 11.5. The van der Waals surface area contributed by atoms with E-state index in [1.807, 2.05) is 18.2 Å². The maximum absolute atomic E-state index is 5.20. The molecule has 3 heterocycles. The van der Waals surface area contributed by atoms with Crippen molar-refractivity contribution in [3.63, 3.8) is 0 Å². The molecule has 0 amide bonds. The van der Waals surface area contributed by atoms with E-state index >= 15 is 0 Å². The van der Waals surface area contributed by atoms with Crippen LogP contribution in [-0.2, 0) is 0 Å². The molecule has 12 aromatic rings. The summed E-state index contributed by atoms with van der Waals surface area (Å²) in [6, 6.07) is 71.1. The van der Waals surface area contributed by atoms with E-state index in [1.54, 1.807) is 0 Å². The predicted octanol–water partition coefficient (Wildman–Crippen LogP) is 13.4. The normalized spacial score (nSPS) is 11.8. The van der Waals surface area contributed by atoms with Crippen LogP contribution >= 0.6 is 0 Å². The van der Waals surface area contributed by atoms with Crippen molar-refractivity contribution in [2.45, 2.75) is 0 Å². The first kappa shape index (κ1) is 32.4. The molecule has 0 spiro atoms. The van der Waals surface area contributed by atoms with Gasteiger partial charge in [0.05, 0.1) is 33.4 Å². The van der Waals surface area contributed by atoms with Crippen molar-refractivity contribution >= 4 is 65.2 Å². The van der Waals surface area contributed by atoms with Crippen LogP contribution < -0.4 is 0 Å². The minimum absolute atomic E-state index is 0.624. The van der Waals surface area contributed by atoms with E-state index in [9.17, 15) is 0 Å². The maximum atomic E-state index is 5.20. The highest BCUT2D eigenvalue weighted by Crippen LogP contribution is 2.41. The second-order valence-electron chi connectivity index (χ2n) is 14.8. The minimum Gasteiger partial charge on any atom is -0.307 e. The first-order valence-corrected chi connectivity index (χ1v) is 19.6. The predicted molar refractivity (Wildman–Crippen MR) is 240 cm³/mol. The van der Waals surface area contributed by atoms with Gasteiger partial charge in [-0.1, -0.05) is 164 Å². The van der Waals surface area contributed by atoms with Crippen molar-refractivity contribution in [3.05, 3.63) is 200 Å². The molecule has 0 atom stereocenters. The van der Waals surface area contributed by atoms with Crippen molar-refractivity contribution in [2.75, 3.05) is 0 Å². The summed E-state index contributed by atoms with van der Waals surface area (Å²) in [6.07, 6.45) is 0. The Labute approximate surface area is 333 Å². The van der Waals surface area contributed by atoms with Crippen LogP contribution in [0.3, 0.4) is 0 Å². The SMILES string of the molecule is c1ccc(-c2nc(-c3ccc4ccccc4c3)nc(-c3ccc4c5ccccc5n(-c5cccc6c7ccccc7n(-c7cccc8ccccc78)c56)c4c3)n2)cc1. The first-order valence-electron chi connectivity index (χ1n) is 19.6. The molecule has 0 N–H and O–H groups in total. The molecule has 12 rings (SSSR count). The van der Waals surface area contributed by atoms with Gasteiger partial charge < -0.3 is 9.13 Å². The number of rotatable bonds is 5. The first-order chi connectivity index (χ1) is 28.8. The summed E-state index contributed by atoms with van der Waals surface area (Å²) >= 11 is 0. The molecule has 0 aliphatic carbocycles. The number of para-hydroxylation sites is 3. The Bertz CT molecular complexity index is 3570. The minimum atomic E-state index is 0.624. The van der Waals surface area contributed by atoms with Crippen LogP contribution in [0.15, 0.2) is 200 Å². The molecule has 5 heteroatoms. The Morgan fingerprint density at radius 1 is 0.276 bits per heavy atom. The van der Waals surface area contributed by atoms with E-state index in [4.69, 9.17) is 15.0 Å². The summed E-state index contributed by atoms with van der Waals surface area (Å²) in [4.78, 5) is 15.4. The molecule has 9 aromatic carbocycles. The van der Waals surface area contributed by atoms with Crippen LogP contribution in [0.1, 0.15) is 0 Å². The Morgan fingerprint density at radius 2 is 0.793 bits per heavy atom. The average molecular weight is 740 g/mol. The van der Waals surface area contributed by atoms with E-state index in [0.29, 0.717) is 17.5 Å². The molecule has 270 valence electrons. The molecule has 3 aromatic heterocycles. The molecule has 0 fully saturated rings. The number of aromatic nitrogens is 5. The molecule has 5 nitrogen and oxygen atoms in total. The highest BCUT2D eigenvalue weighted by atomic mass is 15.1. The smallest absolute Gasteiger partial charge is 0.164 e. The van der Waals surface area contributed by atoms with Crippen molar-refractivity contribution in [1.29, 1.82) is 0 Å². The van der Waals surface area contributed by atoms with E-state index in [0.717, 1.165) is 55.4 Å². The molecule has 0 aliphatic heterocycles. The molecule has 0 saturated carbocycles. The molecular weight excluding hydrogens is 707 g/mol. The molecular formula is C53H33N5. The fourth-order valence-electron chi connectivity index (χ4n) is 8.88. The third-order valence-electron chi connectivity index (χ3n) is 11.5. The number of hydrogen-bond donors (Lipinski definition) is 0. The van der Waals surface area contributed by atoms with Crippen LogP contribution in [-0.4, -0.2) is 24.1 Å². The van der Waals surface area contributed by atoms with Crippen molar-refractivity contribution in [2.24, 2.45) is 0 Å². The number of nitrogens with zero attached hydrogens (tertiary/aromatic N) is 5. The number of hydrogen-bond acceptors (Lipinski definition) is 3. The monoisotopic (exact) mass is 739 g/mol. The lowest BCUT2D eigenvalue weighted by Crippen LogP contribution is -2.02. The summed E-state index contributed by atoms with van der Waals surface area (Å²) in [5.74, 6) is 1.90. The van der Waals surface area contributed by atoms with Gasteiger partial charge in [0.1, 0.15) is 0 Å². The summed E-state index contributed by atoms with van der Waals surface area (Å²) in [5, 5.41) is 9.50. The molecule has 0 radical (unpaired) electrons. The molecule has 0 aliphatic rings. The lowest BCUT2D eigenvalue weighted by atomic mass is 10.1. The van der Waals surface area contributed by atoms with Crippen molar-refractivity contribution in [3.8, 4) is 45.5 Å². The fourth-order valence-corrected chi connectivity index (χ4v) is 8.88. The summed E-state index contributed by atoms with van der Waals surface area (Å²) in [5.41, 5.74) is 9.59. The van der Waals surface area contributed by atoms with Gasteiger partial charge in [-0.3, -0.25) is 0 Å². The third kappa shape index (κ3) is 5.00. The Morgan fingerprint density at radius 3 is 1.59 bits per heavy atom. The van der Waals surface area contributed by atoms with Gasteiger partial charge in [-0.2, -0.15) is 0 Å². The standard InChI is InChI=1S/C53H33N5/c1-2-16-36(17-3-1)51-54-52(38-29-28-34-14-4-5-18-37(34)32-38)56-53(55-51)39-30-31-43-41-21-8-10-24-46(41)57(49(43)33-39)48-27-13-23-44-42-22-9-11-25-47(42)58(50(44)48)45-26-12-19-35-15-6-7-20-40(35)45/h1-33H. The summed E-state index contributed by atoms with van der Waals surface area (Å²) in [7, 11) is 0. The second kappa shape index (κ2) is 12.8. The van der Waals surface area contributed by atoms with Gasteiger partial charge in [0.15, 0.2) is 17.5 Å². The molecule has 0 unspecified atom stereocenters. The van der Waals surface area contributed by atoms with Gasteiger partial charge in [0.2, 0.25) is 0 Å². The fraction of sp³-hybridized carbons (Fsp3) is 0. The molecule has 0 bridgehead atoms. The second-order valence-corrected chi connectivity index (χ2v) is 14.8. The van der Waals surface area contributed by atoms with Crippen LogP contribution in [0.2, 0.25) is 0 Å². The van der Waals surface area contributed by atoms with Gasteiger partial charge in [0, 0.05) is 43.6 Å². The van der Waals surface area contributed by atoms with E-state index < -0.39 is 0 Å². The largest absolute Gasteiger partial charge is 0.307 e. The molecule has 58 heavy (non-hydrogen) atoms. The van der Waals surface area contributed by atoms with Crippen LogP contribution in [0.25, 0.3) is 111 Å². The zero-order valence-corrected chi connectivity index (χ0v) is 31.3. The Balaban J connectivity index is 1.14. The quantitative estimate of drug-likeness (QED) is 0.177. The Hall–Kier alpha value is -7.89. The van der Waals surface area contributed by atoms with E-state index in [-0.39, 0.29) is 0 Å². The van der Waals surface area contributed by atoms with Gasteiger partial charge in [-0.25, -0.2) is 15.0 Å². The van der Waals surface area contributed by atoms with E-state index in [1.165, 1.54) is 37.8 Å². The number of fused-ring (bicyclic) bond motifs is 8. The maximum Gasteiger partial charge on any atom is 0.164 e. The zero-order valence-electron chi connectivity index (χ0n) is 31.3. The van der Waals surface area contributed by atoms with Gasteiger partial charge in [-0.15, -0.1) is 0 Å². The van der Waals surface area contributed by atoms with Gasteiger partial charge >= 0.3 is 0 Å². The van der Waals surface area contributed by atoms with Crippen LogP contribution in [0.4, 0.5) is 0 Å². The lowest BCUT2D eigenvalue weighted by Gasteiger charge is -2.16. The van der Waals surface area contributed by atoms with Crippen LogP contribution in [0.5, 0.6) is 0 Å². The van der Waals surface area contributed by atoms with Gasteiger partial charge in [0.25, 0.3) is 0 Å². The average Bonchev–Trinajstić information content (AvgIpc) is 3.81. The van der Waals surface area contributed by atoms with Crippen molar-refractivity contribution < 1.29 is 0 Å².